The van der Waals surface area contributed by atoms with Crippen LogP contribution in [0.2, 0.25) is 0 Å². The molecule has 3 nitrogen and oxygen atoms in total. The quantitative estimate of drug-likeness (QED) is 0.672. The second-order valence-electron chi connectivity index (χ2n) is 6.76. The van der Waals surface area contributed by atoms with Gasteiger partial charge < -0.3 is 14.8 Å². The lowest BCUT2D eigenvalue weighted by Crippen LogP contribution is -2.44. The van der Waals surface area contributed by atoms with Crippen molar-refractivity contribution in [2.75, 3.05) is 38.1 Å². The van der Waals surface area contributed by atoms with Crippen molar-refractivity contribution in [3.05, 3.63) is 54.1 Å². The molecule has 7 heteroatoms. The van der Waals surface area contributed by atoms with E-state index in [0.717, 1.165) is 60.6 Å². The highest BCUT2D eigenvalue weighted by Gasteiger charge is 2.33. The number of hydrogen-bond donors (Lipinski definition) is 1. The average Bonchev–Trinajstić information content (AvgIpc) is 3.04. The Hall–Kier alpha value is -2.12. The molecule has 4 rings (SSSR count). The van der Waals surface area contributed by atoms with Crippen LogP contribution in [-0.2, 0) is 6.18 Å². The van der Waals surface area contributed by atoms with Crippen LogP contribution in [0.3, 0.4) is 0 Å². The van der Waals surface area contributed by atoms with Crippen molar-refractivity contribution in [3.8, 4) is 0 Å². The first-order chi connectivity index (χ1) is 12.9. The number of aromatic amines is 1. The molecule has 1 aromatic heterocycles. The molecule has 0 bridgehead atoms. The van der Waals surface area contributed by atoms with Gasteiger partial charge in [0.05, 0.1) is 21.8 Å². The number of nitrogens with one attached hydrogen (secondary N) is 1. The molecule has 0 saturated carbocycles. The van der Waals surface area contributed by atoms with Gasteiger partial charge in [-0.05, 0) is 31.3 Å². The number of nitrogens with zero attached hydrogens (tertiary/aromatic N) is 2. The SMILES string of the molecule is CN1CCN(c2cccc3cc(Sc4ccccc4C(F)(F)F)[nH]c23)CC1. The number of halogens is 3. The van der Waals surface area contributed by atoms with Gasteiger partial charge in [0.25, 0.3) is 0 Å². The zero-order chi connectivity index (χ0) is 19.0. The van der Waals surface area contributed by atoms with E-state index >= 15 is 0 Å². The van der Waals surface area contributed by atoms with E-state index in [1.54, 1.807) is 6.07 Å². The van der Waals surface area contributed by atoms with E-state index in [2.05, 4.69) is 27.9 Å². The summed E-state index contributed by atoms with van der Waals surface area (Å²) >= 11 is 1.12. The van der Waals surface area contributed by atoms with Crippen molar-refractivity contribution < 1.29 is 13.2 Å². The van der Waals surface area contributed by atoms with Crippen LogP contribution in [0.15, 0.2) is 58.5 Å². The summed E-state index contributed by atoms with van der Waals surface area (Å²) in [5, 5.41) is 1.72. The predicted molar refractivity (Wildman–Crippen MR) is 104 cm³/mol. The molecule has 0 unspecified atom stereocenters. The molecule has 1 aliphatic heterocycles. The molecule has 3 aromatic rings. The minimum Gasteiger partial charge on any atom is -0.367 e. The fourth-order valence-electron chi connectivity index (χ4n) is 3.39. The second-order valence-corrected chi connectivity index (χ2v) is 7.85. The molecule has 1 saturated heterocycles. The summed E-state index contributed by atoms with van der Waals surface area (Å²) in [5.41, 5.74) is 1.48. The lowest BCUT2D eigenvalue weighted by Gasteiger charge is -2.34. The number of hydrogen-bond acceptors (Lipinski definition) is 3. The number of alkyl halides is 3. The molecule has 0 amide bonds. The van der Waals surface area contributed by atoms with Crippen LogP contribution in [0, 0.1) is 0 Å². The first kappa shape index (κ1) is 18.3. The molecular weight excluding hydrogens is 371 g/mol. The molecule has 0 aliphatic carbocycles. The van der Waals surface area contributed by atoms with Gasteiger partial charge in [-0.25, -0.2) is 0 Å². The summed E-state index contributed by atoms with van der Waals surface area (Å²) in [6, 6.07) is 13.7. The summed E-state index contributed by atoms with van der Waals surface area (Å²) in [6.45, 7) is 3.87. The number of anilines is 1. The van der Waals surface area contributed by atoms with Crippen molar-refractivity contribution in [3.63, 3.8) is 0 Å². The summed E-state index contributed by atoms with van der Waals surface area (Å²) in [5.74, 6) is 0. The summed E-state index contributed by atoms with van der Waals surface area (Å²) in [6.07, 6.45) is -4.36. The van der Waals surface area contributed by atoms with Gasteiger partial charge in [0.2, 0.25) is 0 Å². The van der Waals surface area contributed by atoms with Gasteiger partial charge in [-0.15, -0.1) is 0 Å². The third-order valence-electron chi connectivity index (χ3n) is 4.87. The standard InChI is InChI=1S/C20H20F3N3S/c1-25-9-11-26(12-10-25)16-7-4-5-14-13-18(24-19(14)16)27-17-8-3-2-6-15(17)20(21,22)23/h2-8,13,24H,9-12H2,1H3. The van der Waals surface area contributed by atoms with Crippen LogP contribution in [0.4, 0.5) is 18.9 Å². The van der Waals surface area contributed by atoms with Gasteiger partial charge in [-0.1, -0.05) is 36.0 Å². The molecule has 0 spiro atoms. The first-order valence-corrected chi connectivity index (χ1v) is 9.63. The summed E-state index contributed by atoms with van der Waals surface area (Å²) in [4.78, 5) is 8.17. The highest BCUT2D eigenvalue weighted by Crippen LogP contribution is 2.40. The number of fused-ring (bicyclic) bond motifs is 1. The molecule has 0 radical (unpaired) electrons. The minimum absolute atomic E-state index is 0.206. The van der Waals surface area contributed by atoms with Crippen LogP contribution in [-0.4, -0.2) is 43.1 Å². The van der Waals surface area contributed by atoms with Gasteiger partial charge in [0.1, 0.15) is 0 Å². The molecule has 2 aromatic carbocycles. The zero-order valence-corrected chi connectivity index (χ0v) is 15.7. The number of piperazine rings is 1. The smallest absolute Gasteiger partial charge is 0.367 e. The highest BCUT2D eigenvalue weighted by molar-refractivity contribution is 7.99. The molecule has 1 aliphatic rings. The Labute approximate surface area is 160 Å². The van der Waals surface area contributed by atoms with Crippen molar-refractivity contribution in [1.29, 1.82) is 0 Å². The largest absolute Gasteiger partial charge is 0.417 e. The van der Waals surface area contributed by atoms with E-state index in [4.69, 9.17) is 0 Å². The maximum Gasteiger partial charge on any atom is 0.417 e. The molecule has 1 fully saturated rings. The minimum atomic E-state index is -4.36. The van der Waals surface area contributed by atoms with Gasteiger partial charge in [-0.3, -0.25) is 0 Å². The van der Waals surface area contributed by atoms with Crippen molar-refractivity contribution in [2.45, 2.75) is 16.1 Å². The number of para-hydroxylation sites is 1. The molecule has 2 heterocycles. The van der Waals surface area contributed by atoms with Crippen LogP contribution >= 0.6 is 11.8 Å². The van der Waals surface area contributed by atoms with Crippen LogP contribution in [0.25, 0.3) is 10.9 Å². The van der Waals surface area contributed by atoms with Crippen LogP contribution < -0.4 is 4.90 Å². The molecule has 142 valence electrons. The third kappa shape index (κ3) is 3.80. The number of aromatic nitrogens is 1. The maximum absolute atomic E-state index is 13.3. The Kier molecular flexibility index (Phi) is 4.82. The van der Waals surface area contributed by atoms with Crippen LogP contribution in [0.1, 0.15) is 5.56 Å². The summed E-state index contributed by atoms with van der Waals surface area (Å²) in [7, 11) is 2.11. The van der Waals surface area contributed by atoms with E-state index in [0.29, 0.717) is 5.03 Å². The highest BCUT2D eigenvalue weighted by atomic mass is 32.2. The zero-order valence-electron chi connectivity index (χ0n) is 14.9. The fraction of sp³-hybridized carbons (Fsp3) is 0.300. The Morgan fingerprint density at radius 1 is 0.963 bits per heavy atom. The van der Waals surface area contributed by atoms with E-state index in [1.807, 2.05) is 18.2 Å². The number of rotatable bonds is 3. The predicted octanol–water partition coefficient (Wildman–Crippen LogP) is 5.09. The van der Waals surface area contributed by atoms with E-state index in [9.17, 15) is 13.2 Å². The topological polar surface area (TPSA) is 22.3 Å². The first-order valence-electron chi connectivity index (χ1n) is 8.81. The average molecular weight is 391 g/mol. The van der Waals surface area contributed by atoms with Crippen molar-refractivity contribution >= 4 is 28.4 Å². The number of H-pyrrole nitrogens is 1. The Morgan fingerprint density at radius 3 is 2.44 bits per heavy atom. The lowest BCUT2D eigenvalue weighted by molar-refractivity contribution is -0.139. The monoisotopic (exact) mass is 391 g/mol. The third-order valence-corrected chi connectivity index (χ3v) is 5.88. The maximum atomic E-state index is 13.3. The fourth-order valence-corrected chi connectivity index (χ4v) is 4.40. The molecule has 1 N–H and O–H groups in total. The number of likely N-dealkylation sites (N-methyl/N-ethyl adjacent to an activating group) is 1. The lowest BCUT2D eigenvalue weighted by atomic mass is 10.2. The van der Waals surface area contributed by atoms with E-state index < -0.39 is 11.7 Å². The second kappa shape index (κ2) is 7.13. The normalized spacial score (nSPS) is 16.2. The van der Waals surface area contributed by atoms with Crippen molar-refractivity contribution in [1.82, 2.24) is 9.88 Å². The van der Waals surface area contributed by atoms with Gasteiger partial charge in [0.15, 0.2) is 0 Å². The van der Waals surface area contributed by atoms with Crippen LogP contribution in [0.5, 0.6) is 0 Å². The van der Waals surface area contributed by atoms with Crippen molar-refractivity contribution in [2.24, 2.45) is 0 Å². The summed E-state index contributed by atoms with van der Waals surface area (Å²) < 4.78 is 39.8. The van der Waals surface area contributed by atoms with Gasteiger partial charge in [-0.2, -0.15) is 13.2 Å². The molecule has 0 atom stereocenters. The van der Waals surface area contributed by atoms with Gasteiger partial charge >= 0.3 is 6.18 Å². The Bertz CT molecular complexity index is 943. The van der Waals surface area contributed by atoms with E-state index in [-0.39, 0.29) is 4.90 Å². The Balaban J connectivity index is 1.66. The van der Waals surface area contributed by atoms with E-state index in [1.165, 1.54) is 12.1 Å². The molecular formula is C20H20F3N3S. The van der Waals surface area contributed by atoms with Gasteiger partial charge in [0, 0.05) is 36.5 Å². The molecule has 27 heavy (non-hydrogen) atoms. The Morgan fingerprint density at radius 2 is 1.70 bits per heavy atom. The number of benzene rings is 2.